The van der Waals surface area contributed by atoms with Crippen molar-refractivity contribution in [1.82, 2.24) is 19.3 Å². The zero-order valence-corrected chi connectivity index (χ0v) is 11.2. The number of carboxylic acids is 1. The standard InChI is InChI=1S/C12H15N5O3/c1-15(7-9-3-4-14-16(9)2)11-12(20)17(6-5-13-11)8-10(18)19/h3-6H,7-8H2,1-2H3,(H,18,19). The monoisotopic (exact) mass is 277 g/mol. The predicted octanol–water partition coefficient (Wildman–Crippen LogP) is -0.302. The molecule has 0 aromatic carbocycles. The third-order valence-electron chi connectivity index (χ3n) is 2.88. The van der Waals surface area contributed by atoms with Crippen LogP contribution in [0.5, 0.6) is 0 Å². The van der Waals surface area contributed by atoms with Gasteiger partial charge >= 0.3 is 5.97 Å². The van der Waals surface area contributed by atoms with Crippen LogP contribution in [0.15, 0.2) is 29.5 Å². The van der Waals surface area contributed by atoms with Gasteiger partial charge in [-0.2, -0.15) is 5.10 Å². The van der Waals surface area contributed by atoms with Crippen LogP contribution in [0.25, 0.3) is 0 Å². The SMILES string of the molecule is CN(Cc1ccnn1C)c1nccn(CC(=O)O)c1=O. The lowest BCUT2D eigenvalue weighted by atomic mass is 10.4. The fraction of sp³-hybridized carbons (Fsp3) is 0.333. The van der Waals surface area contributed by atoms with Crippen LogP contribution in [-0.4, -0.2) is 37.5 Å². The molecule has 8 nitrogen and oxygen atoms in total. The summed E-state index contributed by atoms with van der Waals surface area (Å²) in [6, 6.07) is 1.84. The van der Waals surface area contributed by atoms with E-state index < -0.39 is 11.5 Å². The minimum atomic E-state index is -1.07. The van der Waals surface area contributed by atoms with Crippen molar-refractivity contribution in [2.24, 2.45) is 7.05 Å². The molecule has 0 aliphatic carbocycles. The maximum absolute atomic E-state index is 12.1. The minimum absolute atomic E-state index is 0.204. The maximum Gasteiger partial charge on any atom is 0.323 e. The van der Waals surface area contributed by atoms with Crippen LogP contribution in [-0.2, 0) is 24.9 Å². The number of rotatable bonds is 5. The van der Waals surface area contributed by atoms with Gasteiger partial charge in [-0.15, -0.1) is 0 Å². The fourth-order valence-electron chi connectivity index (χ4n) is 1.84. The summed E-state index contributed by atoms with van der Waals surface area (Å²) in [5.74, 6) is -0.867. The molecule has 106 valence electrons. The van der Waals surface area contributed by atoms with E-state index in [2.05, 4.69) is 10.1 Å². The molecule has 0 spiro atoms. The lowest BCUT2D eigenvalue weighted by Crippen LogP contribution is -2.32. The molecular formula is C12H15N5O3. The molecule has 2 rings (SSSR count). The summed E-state index contributed by atoms with van der Waals surface area (Å²) in [6.07, 6.45) is 4.45. The van der Waals surface area contributed by atoms with Gasteiger partial charge < -0.3 is 10.0 Å². The first-order valence-electron chi connectivity index (χ1n) is 5.94. The number of aromatic nitrogens is 4. The molecule has 0 amide bonds. The lowest BCUT2D eigenvalue weighted by Gasteiger charge is -2.18. The van der Waals surface area contributed by atoms with Gasteiger partial charge in [0.25, 0.3) is 5.56 Å². The van der Waals surface area contributed by atoms with Crippen molar-refractivity contribution in [2.45, 2.75) is 13.1 Å². The Bertz CT molecular complexity index is 676. The van der Waals surface area contributed by atoms with Crippen LogP contribution in [0.2, 0.25) is 0 Å². The van der Waals surface area contributed by atoms with Crippen molar-refractivity contribution in [2.75, 3.05) is 11.9 Å². The Morgan fingerprint density at radius 1 is 1.45 bits per heavy atom. The number of aryl methyl sites for hydroxylation is 1. The molecule has 0 saturated carbocycles. The second kappa shape index (κ2) is 5.55. The molecule has 0 saturated heterocycles. The first kappa shape index (κ1) is 13.8. The second-order valence-electron chi connectivity index (χ2n) is 4.38. The Hall–Kier alpha value is -2.64. The van der Waals surface area contributed by atoms with Gasteiger partial charge in [0.05, 0.1) is 12.2 Å². The minimum Gasteiger partial charge on any atom is -0.480 e. The molecule has 2 heterocycles. The molecule has 0 fully saturated rings. The summed E-state index contributed by atoms with van der Waals surface area (Å²) < 4.78 is 2.82. The third-order valence-corrected chi connectivity index (χ3v) is 2.88. The van der Waals surface area contributed by atoms with Gasteiger partial charge in [0.1, 0.15) is 6.54 Å². The van der Waals surface area contributed by atoms with Gasteiger partial charge in [-0.1, -0.05) is 0 Å². The van der Waals surface area contributed by atoms with Crippen LogP contribution >= 0.6 is 0 Å². The Labute approximate surface area is 114 Å². The van der Waals surface area contributed by atoms with Gasteiger partial charge in [-0.3, -0.25) is 18.8 Å². The molecule has 0 atom stereocenters. The molecule has 0 aliphatic rings. The number of aliphatic carboxylic acids is 1. The van der Waals surface area contributed by atoms with Crippen LogP contribution in [0.1, 0.15) is 5.69 Å². The maximum atomic E-state index is 12.1. The summed E-state index contributed by atoms with van der Waals surface area (Å²) in [6.45, 7) is 0.0731. The van der Waals surface area contributed by atoms with Gasteiger partial charge in [0.15, 0.2) is 5.82 Å². The number of hydrogen-bond acceptors (Lipinski definition) is 5. The first-order valence-corrected chi connectivity index (χ1v) is 5.94. The molecule has 20 heavy (non-hydrogen) atoms. The summed E-state index contributed by atoms with van der Waals surface area (Å²) in [5.41, 5.74) is 0.488. The van der Waals surface area contributed by atoms with E-state index >= 15 is 0 Å². The zero-order chi connectivity index (χ0) is 14.7. The van der Waals surface area contributed by atoms with Crippen molar-refractivity contribution < 1.29 is 9.90 Å². The van der Waals surface area contributed by atoms with E-state index in [1.807, 2.05) is 13.1 Å². The largest absolute Gasteiger partial charge is 0.480 e. The number of carbonyl (C=O) groups is 1. The highest BCUT2D eigenvalue weighted by molar-refractivity contribution is 5.66. The highest BCUT2D eigenvalue weighted by atomic mass is 16.4. The Morgan fingerprint density at radius 3 is 2.80 bits per heavy atom. The molecule has 0 unspecified atom stereocenters. The molecular weight excluding hydrogens is 262 g/mol. The zero-order valence-electron chi connectivity index (χ0n) is 11.2. The molecule has 1 N–H and O–H groups in total. The van der Waals surface area contributed by atoms with E-state index in [4.69, 9.17) is 5.11 Å². The van der Waals surface area contributed by atoms with Crippen LogP contribution < -0.4 is 10.5 Å². The molecule has 2 aromatic heterocycles. The average molecular weight is 277 g/mol. The first-order chi connectivity index (χ1) is 9.49. The number of anilines is 1. The highest BCUT2D eigenvalue weighted by Crippen LogP contribution is 2.07. The fourth-order valence-corrected chi connectivity index (χ4v) is 1.84. The van der Waals surface area contributed by atoms with Gasteiger partial charge in [0, 0.05) is 32.7 Å². The molecule has 2 aromatic rings. The smallest absolute Gasteiger partial charge is 0.323 e. The van der Waals surface area contributed by atoms with Crippen molar-refractivity contribution in [3.05, 3.63) is 40.7 Å². The van der Waals surface area contributed by atoms with Gasteiger partial charge in [-0.25, -0.2) is 4.98 Å². The highest BCUT2D eigenvalue weighted by Gasteiger charge is 2.13. The Balaban J connectivity index is 2.26. The van der Waals surface area contributed by atoms with Crippen LogP contribution in [0.3, 0.4) is 0 Å². The van der Waals surface area contributed by atoms with E-state index in [1.54, 1.807) is 22.8 Å². The van der Waals surface area contributed by atoms with Crippen molar-refractivity contribution in [1.29, 1.82) is 0 Å². The van der Waals surface area contributed by atoms with E-state index in [-0.39, 0.29) is 12.4 Å². The Kier molecular flexibility index (Phi) is 3.83. The van der Waals surface area contributed by atoms with Crippen LogP contribution in [0.4, 0.5) is 5.82 Å². The summed E-state index contributed by atoms with van der Waals surface area (Å²) >= 11 is 0. The number of hydrogen-bond donors (Lipinski definition) is 1. The van der Waals surface area contributed by atoms with Crippen LogP contribution in [0, 0.1) is 0 Å². The van der Waals surface area contributed by atoms with Crippen molar-refractivity contribution >= 4 is 11.8 Å². The summed E-state index contributed by atoms with van der Waals surface area (Å²) in [4.78, 5) is 28.5. The molecule has 0 aliphatic heterocycles. The molecule has 8 heteroatoms. The third kappa shape index (κ3) is 2.85. The van der Waals surface area contributed by atoms with Gasteiger partial charge in [0.2, 0.25) is 0 Å². The second-order valence-corrected chi connectivity index (χ2v) is 4.38. The summed E-state index contributed by atoms with van der Waals surface area (Å²) in [7, 11) is 3.53. The van der Waals surface area contributed by atoms with E-state index in [9.17, 15) is 9.59 Å². The predicted molar refractivity (Wildman–Crippen MR) is 71.4 cm³/mol. The Morgan fingerprint density at radius 2 is 2.20 bits per heavy atom. The van der Waals surface area contributed by atoms with Crippen molar-refractivity contribution in [3.63, 3.8) is 0 Å². The normalized spacial score (nSPS) is 10.5. The molecule has 0 bridgehead atoms. The van der Waals surface area contributed by atoms with Gasteiger partial charge in [-0.05, 0) is 6.07 Å². The van der Waals surface area contributed by atoms with Crippen molar-refractivity contribution in [3.8, 4) is 0 Å². The molecule has 0 radical (unpaired) electrons. The lowest BCUT2D eigenvalue weighted by molar-refractivity contribution is -0.137. The quantitative estimate of drug-likeness (QED) is 0.806. The number of carboxylic acid groups (broad SMARTS) is 1. The van der Waals surface area contributed by atoms with E-state index in [0.717, 1.165) is 10.3 Å². The average Bonchev–Trinajstić information content (AvgIpc) is 2.77. The van der Waals surface area contributed by atoms with E-state index in [1.165, 1.54) is 12.4 Å². The number of nitrogens with zero attached hydrogens (tertiary/aromatic N) is 5. The summed E-state index contributed by atoms with van der Waals surface area (Å²) in [5, 5.41) is 12.8. The van der Waals surface area contributed by atoms with E-state index in [0.29, 0.717) is 6.54 Å². The topological polar surface area (TPSA) is 93.2 Å².